The molecule has 0 atom stereocenters. The minimum Gasteiger partial charge on any atom is -0.313 e. The number of rotatable bonds is 3. The number of hydrogen-bond donors (Lipinski definition) is 1. The maximum atomic E-state index is 11.0. The van der Waals surface area contributed by atoms with E-state index >= 15 is 0 Å². The Labute approximate surface area is 78.9 Å². The molecule has 0 aromatic rings. The van der Waals surface area contributed by atoms with Gasteiger partial charge in [-0.1, -0.05) is 0 Å². The van der Waals surface area contributed by atoms with Crippen molar-refractivity contribution >= 4 is 9.84 Å². The number of nitriles is 1. The summed E-state index contributed by atoms with van der Waals surface area (Å²) in [6, 6.07) is 2.33. The zero-order chi connectivity index (χ0) is 9.73. The minimum atomic E-state index is -2.75. The fourth-order valence-electron chi connectivity index (χ4n) is 1.43. The summed E-state index contributed by atoms with van der Waals surface area (Å²) in [4.78, 5) is 0. The molecule has 4 nitrogen and oxygen atoms in total. The summed E-state index contributed by atoms with van der Waals surface area (Å²) >= 11 is 0. The van der Waals surface area contributed by atoms with Gasteiger partial charge in [0.25, 0.3) is 0 Å². The van der Waals surface area contributed by atoms with E-state index in [2.05, 4.69) is 5.32 Å². The van der Waals surface area contributed by atoms with Crippen molar-refractivity contribution in [1.29, 1.82) is 5.26 Å². The first-order valence-electron chi connectivity index (χ1n) is 4.45. The van der Waals surface area contributed by atoms with Crippen LogP contribution in [0.3, 0.4) is 0 Å². The highest BCUT2D eigenvalue weighted by Gasteiger charge is 2.22. The van der Waals surface area contributed by atoms with Gasteiger partial charge in [0.05, 0.1) is 17.6 Å². The first-order chi connectivity index (χ1) is 6.14. The second-order valence-corrected chi connectivity index (χ2v) is 5.59. The van der Waals surface area contributed by atoms with Crippen LogP contribution in [0.4, 0.5) is 0 Å². The summed E-state index contributed by atoms with van der Waals surface area (Å²) in [6.45, 7) is 0.668. The molecule has 0 bridgehead atoms. The average Bonchev–Trinajstić information content (AvgIpc) is 2.08. The summed E-state index contributed by atoms with van der Waals surface area (Å²) in [7, 11) is -2.75. The SMILES string of the molecule is N#CCCNC1CCS(=O)(=O)CC1. The van der Waals surface area contributed by atoms with Crippen LogP contribution < -0.4 is 5.32 Å². The Morgan fingerprint density at radius 1 is 1.38 bits per heavy atom. The van der Waals surface area contributed by atoms with E-state index < -0.39 is 9.84 Å². The van der Waals surface area contributed by atoms with Gasteiger partial charge in [0.2, 0.25) is 0 Å². The second-order valence-electron chi connectivity index (χ2n) is 3.29. The van der Waals surface area contributed by atoms with Crippen LogP contribution in [0.5, 0.6) is 0 Å². The van der Waals surface area contributed by atoms with E-state index in [1.54, 1.807) is 0 Å². The van der Waals surface area contributed by atoms with E-state index in [1.807, 2.05) is 6.07 Å². The Kier molecular flexibility index (Phi) is 3.70. The Morgan fingerprint density at radius 3 is 2.54 bits per heavy atom. The predicted molar refractivity (Wildman–Crippen MR) is 49.9 cm³/mol. The molecule has 5 heteroatoms. The van der Waals surface area contributed by atoms with Gasteiger partial charge in [-0.2, -0.15) is 5.26 Å². The van der Waals surface area contributed by atoms with E-state index in [0.29, 0.717) is 25.8 Å². The van der Waals surface area contributed by atoms with Crippen molar-refractivity contribution < 1.29 is 8.42 Å². The summed E-state index contributed by atoms with van der Waals surface area (Å²) in [5.74, 6) is 0.578. The maximum Gasteiger partial charge on any atom is 0.150 e. The summed E-state index contributed by atoms with van der Waals surface area (Å²) in [6.07, 6.45) is 1.87. The van der Waals surface area contributed by atoms with Crippen molar-refractivity contribution in [3.8, 4) is 6.07 Å². The lowest BCUT2D eigenvalue weighted by atomic mass is 10.1. The Hall–Kier alpha value is -0.600. The fourth-order valence-corrected chi connectivity index (χ4v) is 2.92. The van der Waals surface area contributed by atoms with Crippen LogP contribution in [-0.4, -0.2) is 32.5 Å². The van der Waals surface area contributed by atoms with Crippen LogP contribution in [-0.2, 0) is 9.84 Å². The number of nitrogens with one attached hydrogen (secondary N) is 1. The average molecular weight is 202 g/mol. The van der Waals surface area contributed by atoms with E-state index in [-0.39, 0.29) is 17.5 Å². The summed E-state index contributed by atoms with van der Waals surface area (Å²) in [5.41, 5.74) is 0. The maximum absolute atomic E-state index is 11.0. The molecule has 0 aliphatic carbocycles. The third kappa shape index (κ3) is 3.75. The Bertz CT molecular complexity index is 278. The van der Waals surface area contributed by atoms with Crippen LogP contribution in [0.2, 0.25) is 0 Å². The first kappa shape index (κ1) is 10.5. The zero-order valence-electron chi connectivity index (χ0n) is 7.49. The van der Waals surface area contributed by atoms with Gasteiger partial charge >= 0.3 is 0 Å². The topological polar surface area (TPSA) is 70.0 Å². The summed E-state index contributed by atoms with van der Waals surface area (Å²) < 4.78 is 22.1. The number of nitrogens with zero attached hydrogens (tertiary/aromatic N) is 1. The van der Waals surface area contributed by atoms with Gasteiger partial charge in [-0.05, 0) is 12.8 Å². The molecule has 1 aliphatic heterocycles. The highest BCUT2D eigenvalue weighted by atomic mass is 32.2. The van der Waals surface area contributed by atoms with E-state index in [4.69, 9.17) is 5.26 Å². The minimum absolute atomic E-state index is 0.289. The van der Waals surface area contributed by atoms with Crippen molar-refractivity contribution in [3.63, 3.8) is 0 Å². The molecule has 13 heavy (non-hydrogen) atoms. The molecule has 0 aromatic heterocycles. The van der Waals surface area contributed by atoms with E-state index in [9.17, 15) is 8.42 Å². The molecule has 0 aromatic carbocycles. The van der Waals surface area contributed by atoms with Crippen molar-refractivity contribution in [2.45, 2.75) is 25.3 Å². The normalized spacial score (nSPS) is 22.4. The molecule has 74 valence electrons. The zero-order valence-corrected chi connectivity index (χ0v) is 8.31. The van der Waals surface area contributed by atoms with Gasteiger partial charge in [0, 0.05) is 19.0 Å². The van der Waals surface area contributed by atoms with E-state index in [1.165, 1.54) is 0 Å². The molecule has 1 fully saturated rings. The standard InChI is InChI=1S/C8H14N2O2S/c9-4-1-5-10-8-2-6-13(11,12)7-3-8/h8,10H,1-3,5-7H2. The Balaban J connectivity index is 2.22. The quantitative estimate of drug-likeness (QED) is 0.657. The number of hydrogen-bond acceptors (Lipinski definition) is 4. The molecule has 1 N–H and O–H groups in total. The van der Waals surface area contributed by atoms with Gasteiger partial charge in [-0.15, -0.1) is 0 Å². The first-order valence-corrected chi connectivity index (χ1v) is 6.27. The second kappa shape index (κ2) is 4.58. The molecule has 0 radical (unpaired) electrons. The molecule has 1 aliphatic rings. The van der Waals surface area contributed by atoms with Crippen molar-refractivity contribution in [1.82, 2.24) is 5.32 Å². The number of sulfone groups is 1. The van der Waals surface area contributed by atoms with E-state index in [0.717, 1.165) is 0 Å². The molecular weight excluding hydrogens is 188 g/mol. The monoisotopic (exact) mass is 202 g/mol. The van der Waals surface area contributed by atoms with Gasteiger partial charge in [-0.3, -0.25) is 0 Å². The van der Waals surface area contributed by atoms with Gasteiger partial charge in [0.1, 0.15) is 9.84 Å². The van der Waals surface area contributed by atoms with Crippen LogP contribution in [0.1, 0.15) is 19.3 Å². The molecule has 0 unspecified atom stereocenters. The van der Waals surface area contributed by atoms with Gasteiger partial charge in [0.15, 0.2) is 0 Å². The van der Waals surface area contributed by atoms with Gasteiger partial charge < -0.3 is 5.32 Å². The van der Waals surface area contributed by atoms with Crippen LogP contribution in [0.25, 0.3) is 0 Å². The predicted octanol–water partition coefficient (Wildman–Crippen LogP) is 0.0669. The Morgan fingerprint density at radius 2 is 2.00 bits per heavy atom. The molecule has 1 heterocycles. The third-order valence-electron chi connectivity index (χ3n) is 2.22. The van der Waals surface area contributed by atoms with Gasteiger partial charge in [-0.25, -0.2) is 8.42 Å². The molecule has 1 saturated heterocycles. The van der Waals surface area contributed by atoms with Crippen LogP contribution in [0, 0.1) is 11.3 Å². The largest absolute Gasteiger partial charge is 0.313 e. The summed E-state index contributed by atoms with van der Waals surface area (Å²) in [5, 5.41) is 11.5. The van der Waals surface area contributed by atoms with Crippen molar-refractivity contribution in [2.24, 2.45) is 0 Å². The highest BCUT2D eigenvalue weighted by Crippen LogP contribution is 2.11. The third-order valence-corrected chi connectivity index (χ3v) is 3.94. The smallest absolute Gasteiger partial charge is 0.150 e. The highest BCUT2D eigenvalue weighted by molar-refractivity contribution is 7.91. The lowest BCUT2D eigenvalue weighted by Crippen LogP contribution is -2.37. The molecule has 0 amide bonds. The molecule has 0 spiro atoms. The lowest BCUT2D eigenvalue weighted by molar-refractivity contribution is 0.469. The molecular formula is C8H14N2O2S. The van der Waals surface area contributed by atoms with Crippen molar-refractivity contribution in [3.05, 3.63) is 0 Å². The fraction of sp³-hybridized carbons (Fsp3) is 0.875. The molecule has 1 rings (SSSR count). The van der Waals surface area contributed by atoms with Crippen LogP contribution in [0.15, 0.2) is 0 Å². The molecule has 0 saturated carbocycles. The van der Waals surface area contributed by atoms with Crippen LogP contribution >= 0.6 is 0 Å². The lowest BCUT2D eigenvalue weighted by Gasteiger charge is -2.22. The van der Waals surface area contributed by atoms with Crippen molar-refractivity contribution in [2.75, 3.05) is 18.1 Å².